The molecular formula is C14H19N3O4. The lowest BCUT2D eigenvalue weighted by atomic mass is 10.0. The van der Waals surface area contributed by atoms with Crippen molar-refractivity contribution in [3.05, 3.63) is 27.8 Å². The first-order valence-electron chi connectivity index (χ1n) is 6.90. The molecule has 1 aliphatic rings. The highest BCUT2D eigenvalue weighted by Crippen LogP contribution is 2.34. The molecule has 1 atom stereocenters. The van der Waals surface area contributed by atoms with Crippen LogP contribution in [0.25, 0.3) is 0 Å². The summed E-state index contributed by atoms with van der Waals surface area (Å²) in [5.41, 5.74) is 0.656. The van der Waals surface area contributed by atoms with Crippen LogP contribution in [0.1, 0.15) is 32.3 Å². The molecule has 2 rings (SSSR count). The van der Waals surface area contributed by atoms with E-state index in [2.05, 4.69) is 10.6 Å². The van der Waals surface area contributed by atoms with E-state index in [-0.39, 0.29) is 18.1 Å². The van der Waals surface area contributed by atoms with Gasteiger partial charge in [-0.05, 0) is 31.4 Å². The van der Waals surface area contributed by atoms with Crippen LogP contribution in [0, 0.1) is 10.1 Å². The van der Waals surface area contributed by atoms with E-state index in [9.17, 15) is 20.0 Å². The molecule has 7 nitrogen and oxygen atoms in total. The summed E-state index contributed by atoms with van der Waals surface area (Å²) in [6.45, 7) is 3.69. The van der Waals surface area contributed by atoms with Crippen molar-refractivity contribution in [2.24, 2.45) is 0 Å². The molecule has 1 aromatic rings. The van der Waals surface area contributed by atoms with Gasteiger partial charge in [-0.1, -0.05) is 6.92 Å². The molecule has 0 bridgehead atoms. The van der Waals surface area contributed by atoms with Gasteiger partial charge >= 0.3 is 0 Å². The summed E-state index contributed by atoms with van der Waals surface area (Å²) in [7, 11) is 0. The summed E-state index contributed by atoms with van der Waals surface area (Å²) in [6, 6.07) is 3.05. The molecule has 0 spiro atoms. The van der Waals surface area contributed by atoms with Crippen LogP contribution in [-0.4, -0.2) is 28.1 Å². The third-order valence-corrected chi connectivity index (χ3v) is 3.74. The molecule has 3 N–H and O–H groups in total. The van der Waals surface area contributed by atoms with Crippen molar-refractivity contribution in [3.8, 4) is 0 Å². The zero-order valence-electron chi connectivity index (χ0n) is 12.1. The average molecular weight is 293 g/mol. The highest BCUT2D eigenvalue weighted by atomic mass is 16.6. The number of fused-ring (bicyclic) bond motifs is 1. The van der Waals surface area contributed by atoms with Crippen LogP contribution in [0.15, 0.2) is 12.1 Å². The molecule has 0 aliphatic carbocycles. The van der Waals surface area contributed by atoms with Crippen LogP contribution in [0.3, 0.4) is 0 Å². The summed E-state index contributed by atoms with van der Waals surface area (Å²) in [5, 5.41) is 26.8. The Kier molecular flexibility index (Phi) is 4.13. The van der Waals surface area contributed by atoms with Crippen molar-refractivity contribution in [1.82, 2.24) is 0 Å². The van der Waals surface area contributed by atoms with E-state index in [4.69, 9.17) is 0 Å². The molecule has 1 aliphatic heterocycles. The van der Waals surface area contributed by atoms with E-state index < -0.39 is 10.5 Å². The first-order valence-corrected chi connectivity index (χ1v) is 6.90. The predicted octanol–water partition coefficient (Wildman–Crippen LogP) is 2.05. The van der Waals surface area contributed by atoms with Gasteiger partial charge in [0.1, 0.15) is 5.69 Å². The van der Waals surface area contributed by atoms with Crippen molar-refractivity contribution in [2.75, 3.05) is 17.2 Å². The number of nitrogens with one attached hydrogen (secondary N) is 2. The Bertz CT molecular complexity index is 584. The van der Waals surface area contributed by atoms with Gasteiger partial charge in [0.2, 0.25) is 5.91 Å². The van der Waals surface area contributed by atoms with Crippen molar-refractivity contribution < 1.29 is 14.8 Å². The second kappa shape index (κ2) is 5.69. The van der Waals surface area contributed by atoms with Crippen LogP contribution in [-0.2, 0) is 11.2 Å². The minimum absolute atomic E-state index is 0.0446. The van der Waals surface area contributed by atoms with Gasteiger partial charge in [0.15, 0.2) is 0 Å². The van der Waals surface area contributed by atoms with Crippen LogP contribution < -0.4 is 10.6 Å². The van der Waals surface area contributed by atoms with E-state index in [1.54, 1.807) is 13.0 Å². The second-order valence-corrected chi connectivity index (χ2v) is 5.54. The minimum Gasteiger partial charge on any atom is -0.388 e. The lowest BCUT2D eigenvalue weighted by Gasteiger charge is -2.23. The quantitative estimate of drug-likeness (QED) is 0.569. The normalized spacial score (nSPS) is 16.6. The first-order chi connectivity index (χ1) is 9.82. The molecule has 0 aromatic heterocycles. The lowest BCUT2D eigenvalue weighted by molar-refractivity contribution is -0.384. The molecule has 0 radical (unpaired) electrons. The van der Waals surface area contributed by atoms with Gasteiger partial charge in [0, 0.05) is 24.7 Å². The van der Waals surface area contributed by atoms with E-state index in [1.807, 2.05) is 6.92 Å². The minimum atomic E-state index is -0.951. The number of carbonyl (C=O) groups is 1. The Balaban J connectivity index is 2.32. The smallest absolute Gasteiger partial charge is 0.292 e. The number of amides is 1. The number of aliphatic hydroxyl groups is 1. The molecule has 1 aromatic carbocycles. The third kappa shape index (κ3) is 3.49. The summed E-state index contributed by atoms with van der Waals surface area (Å²) in [6.07, 6.45) is 1.35. The maximum absolute atomic E-state index is 11.4. The Morgan fingerprint density at radius 2 is 2.19 bits per heavy atom. The van der Waals surface area contributed by atoms with Crippen molar-refractivity contribution >= 4 is 23.0 Å². The maximum Gasteiger partial charge on any atom is 0.292 e. The number of anilines is 2. The van der Waals surface area contributed by atoms with Crippen LogP contribution in [0.4, 0.5) is 17.1 Å². The van der Waals surface area contributed by atoms with Crippen LogP contribution >= 0.6 is 0 Å². The number of rotatable bonds is 5. The zero-order chi connectivity index (χ0) is 15.6. The van der Waals surface area contributed by atoms with E-state index in [0.717, 1.165) is 5.56 Å². The Morgan fingerprint density at radius 1 is 1.48 bits per heavy atom. The molecule has 7 heteroatoms. The molecule has 1 unspecified atom stereocenters. The number of hydrogen-bond acceptors (Lipinski definition) is 5. The number of nitrogens with zero attached hydrogens (tertiary/aromatic N) is 1. The fourth-order valence-electron chi connectivity index (χ4n) is 2.12. The molecule has 1 heterocycles. The van der Waals surface area contributed by atoms with Gasteiger partial charge in [0.25, 0.3) is 5.69 Å². The summed E-state index contributed by atoms with van der Waals surface area (Å²) >= 11 is 0. The number of nitro groups is 1. The first kappa shape index (κ1) is 15.2. The Morgan fingerprint density at radius 3 is 2.81 bits per heavy atom. The average Bonchev–Trinajstić information content (AvgIpc) is 2.44. The Labute approximate surface area is 122 Å². The van der Waals surface area contributed by atoms with E-state index >= 15 is 0 Å². The molecule has 0 fully saturated rings. The predicted molar refractivity (Wildman–Crippen MR) is 79.5 cm³/mol. The number of carbonyl (C=O) groups excluding carboxylic acids is 1. The topological polar surface area (TPSA) is 104 Å². The summed E-state index contributed by atoms with van der Waals surface area (Å²) in [5.74, 6) is -0.0946. The molecule has 1 amide bonds. The SMILES string of the molecule is CCC(C)(O)CNc1cc2c(cc1[N+](=O)[O-])CCC(=O)N2. The standard InChI is InChI=1S/C14H19N3O4/c1-3-14(2,19)8-15-11-7-10-9(4-5-13(18)16-10)6-12(11)17(20)21/h6-7,15,19H,3-5,8H2,1-2H3,(H,16,18). The van der Waals surface area contributed by atoms with Gasteiger partial charge in [-0.15, -0.1) is 0 Å². The Hall–Kier alpha value is -2.15. The lowest BCUT2D eigenvalue weighted by Crippen LogP contribution is -2.32. The number of nitro benzene ring substituents is 1. The highest BCUT2D eigenvalue weighted by molar-refractivity contribution is 5.95. The number of aryl methyl sites for hydroxylation is 1. The van der Waals surface area contributed by atoms with Crippen molar-refractivity contribution in [3.63, 3.8) is 0 Å². The molecular weight excluding hydrogens is 274 g/mol. The van der Waals surface area contributed by atoms with Gasteiger partial charge in [-0.25, -0.2) is 0 Å². The van der Waals surface area contributed by atoms with Gasteiger partial charge in [-0.2, -0.15) is 0 Å². The summed E-state index contributed by atoms with van der Waals surface area (Å²) < 4.78 is 0. The molecule has 114 valence electrons. The van der Waals surface area contributed by atoms with Crippen molar-refractivity contribution in [2.45, 2.75) is 38.7 Å². The van der Waals surface area contributed by atoms with Gasteiger partial charge in [0.05, 0.1) is 10.5 Å². The highest BCUT2D eigenvalue weighted by Gasteiger charge is 2.24. The second-order valence-electron chi connectivity index (χ2n) is 5.54. The number of hydrogen-bond donors (Lipinski definition) is 3. The third-order valence-electron chi connectivity index (χ3n) is 3.74. The zero-order valence-corrected chi connectivity index (χ0v) is 12.1. The number of benzene rings is 1. The van der Waals surface area contributed by atoms with Crippen molar-refractivity contribution in [1.29, 1.82) is 0 Å². The van der Waals surface area contributed by atoms with Crippen LogP contribution in [0.2, 0.25) is 0 Å². The fourth-order valence-corrected chi connectivity index (χ4v) is 2.12. The largest absolute Gasteiger partial charge is 0.388 e. The van der Waals surface area contributed by atoms with E-state index in [1.165, 1.54) is 6.07 Å². The summed E-state index contributed by atoms with van der Waals surface area (Å²) in [4.78, 5) is 22.1. The van der Waals surface area contributed by atoms with E-state index in [0.29, 0.717) is 30.6 Å². The maximum atomic E-state index is 11.4. The van der Waals surface area contributed by atoms with Gasteiger partial charge in [-0.3, -0.25) is 14.9 Å². The fraction of sp³-hybridized carbons (Fsp3) is 0.500. The van der Waals surface area contributed by atoms with Crippen LogP contribution in [0.5, 0.6) is 0 Å². The molecule has 0 saturated carbocycles. The van der Waals surface area contributed by atoms with Gasteiger partial charge < -0.3 is 15.7 Å². The molecule has 21 heavy (non-hydrogen) atoms. The monoisotopic (exact) mass is 293 g/mol. The molecule has 0 saturated heterocycles.